The molecule has 0 unspecified atom stereocenters. The molecule has 2 rings (SSSR count). The molecule has 1 nitrogen and oxygen atoms in total. The van der Waals surface area contributed by atoms with Crippen LogP contribution >= 0.6 is 0 Å². The molecule has 0 spiro atoms. The van der Waals surface area contributed by atoms with Gasteiger partial charge in [-0.1, -0.05) is 48.5 Å². The second kappa shape index (κ2) is 5.87. The number of rotatable bonds is 3. The zero-order valence-corrected chi connectivity index (χ0v) is 14.5. The summed E-state index contributed by atoms with van der Waals surface area (Å²) in [7, 11) is 4.48. The Hall–Kier alpha value is -1.46. The monoisotopic (exact) mass is 401 g/mol. The van der Waals surface area contributed by atoms with Gasteiger partial charge in [0, 0.05) is 5.56 Å². The number of para-hydroxylation sites is 1. The Morgan fingerprint density at radius 3 is 1.43 bits per heavy atom. The molecule has 0 radical (unpaired) electrons. The minimum absolute atomic E-state index is 0.880. The van der Waals surface area contributed by atoms with Crippen LogP contribution in [0.4, 0.5) is 26.5 Å². The topological polar surface area (TPSA) is 0 Å². The number of nitrogens with zero attached hydrogens (tertiary/aromatic N) is 1. The quantitative estimate of drug-likeness (QED) is 0.357. The SMILES string of the molecule is C[N+](C)(Cc1ccccc1)c1ccccc1.F[As-](F)(F)(F)(F)F. The Labute approximate surface area is 132 Å². The van der Waals surface area contributed by atoms with E-state index in [1.54, 1.807) is 0 Å². The molecule has 0 aromatic heterocycles. The van der Waals surface area contributed by atoms with Crippen molar-refractivity contribution in [2.24, 2.45) is 0 Å². The van der Waals surface area contributed by atoms with Gasteiger partial charge in [-0.2, -0.15) is 0 Å². The normalized spacial score (nSPS) is 15.0. The van der Waals surface area contributed by atoms with Gasteiger partial charge in [-0.3, -0.25) is 4.48 Å². The number of hydrogen-bond acceptors (Lipinski definition) is 0. The molecule has 0 atom stereocenters. The summed E-state index contributed by atoms with van der Waals surface area (Å²) in [6.07, 6.45) is 0. The van der Waals surface area contributed by atoms with Gasteiger partial charge in [0.1, 0.15) is 12.2 Å². The molecule has 0 saturated carbocycles. The summed E-state index contributed by atoms with van der Waals surface area (Å²) < 4.78 is 60.3. The first-order chi connectivity index (χ1) is 10.1. The first kappa shape index (κ1) is 19.6. The number of halogens is 6. The zero-order chi connectivity index (χ0) is 17.8. The van der Waals surface area contributed by atoms with Gasteiger partial charge in [-0.05, 0) is 12.1 Å². The van der Waals surface area contributed by atoms with Gasteiger partial charge in [0.25, 0.3) is 0 Å². The van der Waals surface area contributed by atoms with Crippen LogP contribution in [0, 0.1) is 0 Å². The van der Waals surface area contributed by atoms with E-state index in [1.807, 2.05) is 0 Å². The van der Waals surface area contributed by atoms with Crippen molar-refractivity contribution < 1.29 is 20.8 Å². The van der Waals surface area contributed by atoms with Crippen LogP contribution in [0.25, 0.3) is 0 Å². The fourth-order valence-corrected chi connectivity index (χ4v) is 1.96. The minimum atomic E-state index is -11.1. The molecular weight excluding hydrogens is 383 g/mol. The summed E-state index contributed by atoms with van der Waals surface area (Å²) in [6, 6.07) is 21.2. The second-order valence-electron chi connectivity index (χ2n) is 5.62. The van der Waals surface area contributed by atoms with Gasteiger partial charge in [0.2, 0.25) is 0 Å². The molecule has 0 aliphatic heterocycles. The van der Waals surface area contributed by atoms with Crippen LogP contribution in [0.3, 0.4) is 0 Å². The van der Waals surface area contributed by atoms with E-state index >= 15 is 0 Å². The molecule has 0 saturated heterocycles. The predicted octanol–water partition coefficient (Wildman–Crippen LogP) is 5.59. The van der Waals surface area contributed by atoms with E-state index in [0.29, 0.717) is 0 Å². The fourth-order valence-electron chi connectivity index (χ4n) is 1.96. The molecule has 2 aromatic carbocycles. The van der Waals surface area contributed by atoms with E-state index in [2.05, 4.69) is 74.8 Å². The molecule has 0 N–H and O–H groups in total. The second-order valence-corrected chi connectivity index (χ2v) is 9.64. The van der Waals surface area contributed by atoms with Crippen LogP contribution in [0.2, 0.25) is 0 Å². The van der Waals surface area contributed by atoms with Crippen LogP contribution < -0.4 is 4.48 Å². The average Bonchev–Trinajstić information content (AvgIpc) is 2.37. The van der Waals surface area contributed by atoms with Crippen molar-refractivity contribution in [3.8, 4) is 0 Å². The van der Waals surface area contributed by atoms with Crippen molar-refractivity contribution >= 4 is 19.9 Å². The van der Waals surface area contributed by atoms with Gasteiger partial charge >= 0.3 is 35.0 Å². The summed E-state index contributed by atoms with van der Waals surface area (Å²) in [4.78, 5) is 0. The summed E-state index contributed by atoms with van der Waals surface area (Å²) in [5.41, 5.74) is 2.71. The molecule has 2 aromatic rings. The fraction of sp³-hybridized carbons (Fsp3) is 0.200. The first-order valence-corrected chi connectivity index (χ1v) is 10.9. The van der Waals surface area contributed by atoms with E-state index in [9.17, 15) is 20.8 Å². The summed E-state index contributed by atoms with van der Waals surface area (Å²) in [5.74, 6) is 0. The van der Waals surface area contributed by atoms with Gasteiger partial charge in [-0.25, -0.2) is 0 Å². The summed E-state index contributed by atoms with van der Waals surface area (Å²) >= 11 is -11.1. The predicted molar refractivity (Wildman–Crippen MR) is 82.6 cm³/mol. The molecule has 0 aliphatic carbocycles. The standard InChI is InChI=1S/C15H18N.AsF6/c1-16(2,15-11-7-4-8-12-15)13-14-9-5-3-6-10-14;2-1(3,4,5,6)7/h3-12H,13H2,1-2H3;/q+1;-1. The molecule has 0 bridgehead atoms. The maximum atomic E-state index is 9.91. The zero-order valence-electron chi connectivity index (χ0n) is 12.6. The molecule has 8 heteroatoms. The first-order valence-electron chi connectivity index (χ1n) is 6.62. The van der Waals surface area contributed by atoms with Crippen molar-refractivity contribution in [2.75, 3.05) is 14.1 Å². The number of benzene rings is 2. The van der Waals surface area contributed by atoms with Gasteiger partial charge < -0.3 is 0 Å². The van der Waals surface area contributed by atoms with Crippen molar-refractivity contribution in [3.05, 3.63) is 66.2 Å². The van der Waals surface area contributed by atoms with E-state index in [4.69, 9.17) is 0 Å². The van der Waals surface area contributed by atoms with Crippen molar-refractivity contribution in [1.82, 2.24) is 4.48 Å². The third-order valence-corrected chi connectivity index (χ3v) is 2.88. The van der Waals surface area contributed by atoms with E-state index < -0.39 is 14.2 Å². The van der Waals surface area contributed by atoms with E-state index in [0.717, 1.165) is 11.0 Å². The molecular formula is C15H18AsF6N. The summed E-state index contributed by atoms with van der Waals surface area (Å²) in [6.45, 7) is 1.02. The van der Waals surface area contributed by atoms with Gasteiger partial charge in [0.05, 0.1) is 14.1 Å². The third kappa shape index (κ3) is 10.8. The van der Waals surface area contributed by atoms with Gasteiger partial charge in [-0.15, -0.1) is 0 Å². The third-order valence-electron chi connectivity index (χ3n) is 2.88. The molecule has 130 valence electrons. The van der Waals surface area contributed by atoms with Crippen LogP contribution in [0.1, 0.15) is 5.56 Å². The molecule has 0 amide bonds. The van der Waals surface area contributed by atoms with Crippen LogP contribution in [0.5, 0.6) is 0 Å². The maximum absolute atomic E-state index is 11.1. The van der Waals surface area contributed by atoms with E-state index in [-0.39, 0.29) is 0 Å². The molecule has 23 heavy (non-hydrogen) atoms. The van der Waals surface area contributed by atoms with Crippen molar-refractivity contribution in [2.45, 2.75) is 6.54 Å². The van der Waals surface area contributed by atoms with Gasteiger partial charge in [0.15, 0.2) is 0 Å². The average molecular weight is 401 g/mol. The summed E-state index contributed by atoms with van der Waals surface area (Å²) in [5, 5.41) is 0. The molecule has 0 aliphatic rings. The Balaban J connectivity index is 0.000000322. The number of hydrogen-bond donors (Lipinski definition) is 0. The Morgan fingerprint density at radius 1 is 0.696 bits per heavy atom. The molecule has 0 heterocycles. The van der Waals surface area contributed by atoms with Crippen LogP contribution in [-0.4, -0.2) is 28.3 Å². The number of quaternary nitrogens is 1. The Kier molecular flexibility index (Phi) is 5.00. The van der Waals surface area contributed by atoms with E-state index in [1.165, 1.54) is 11.3 Å². The Bertz CT molecular complexity index is 612. The van der Waals surface area contributed by atoms with Crippen LogP contribution in [0.15, 0.2) is 60.7 Å². The Morgan fingerprint density at radius 2 is 1.04 bits per heavy atom. The molecule has 0 fully saturated rings. The van der Waals surface area contributed by atoms with Crippen molar-refractivity contribution in [3.63, 3.8) is 0 Å². The van der Waals surface area contributed by atoms with Crippen LogP contribution in [-0.2, 0) is 6.54 Å². The van der Waals surface area contributed by atoms with Crippen molar-refractivity contribution in [1.29, 1.82) is 0 Å².